The Bertz CT molecular complexity index is 382. The van der Waals surface area contributed by atoms with Crippen molar-refractivity contribution in [3.05, 3.63) is 18.0 Å². The molecule has 0 aromatic carbocycles. The summed E-state index contributed by atoms with van der Waals surface area (Å²) in [6, 6.07) is 1.71. The second-order valence-corrected chi connectivity index (χ2v) is 3.17. The molecule has 0 spiro atoms. The number of rotatable bonds is 6. The van der Waals surface area contributed by atoms with Crippen molar-refractivity contribution >= 4 is 5.97 Å². The molecule has 0 saturated heterocycles. The predicted molar refractivity (Wildman–Crippen MR) is 61.1 cm³/mol. The standard InChI is InChI=1S/C11H16N2O4/c1-15-9-4-5-13-8(11(9)17-3)6-12-7-10(14)16-2/h4-5,12H,6-7H2,1-3H3. The lowest BCUT2D eigenvalue weighted by atomic mass is 10.3. The lowest BCUT2D eigenvalue weighted by molar-refractivity contribution is -0.139. The number of nitrogens with one attached hydrogen (secondary N) is 1. The van der Waals surface area contributed by atoms with Crippen LogP contribution >= 0.6 is 0 Å². The van der Waals surface area contributed by atoms with Gasteiger partial charge in [0.1, 0.15) is 0 Å². The van der Waals surface area contributed by atoms with Gasteiger partial charge in [-0.3, -0.25) is 9.78 Å². The zero-order valence-electron chi connectivity index (χ0n) is 10.1. The molecule has 6 heteroatoms. The Morgan fingerprint density at radius 2 is 2.12 bits per heavy atom. The van der Waals surface area contributed by atoms with Crippen molar-refractivity contribution in [3.8, 4) is 11.5 Å². The lowest BCUT2D eigenvalue weighted by Gasteiger charge is -2.11. The highest BCUT2D eigenvalue weighted by molar-refractivity contribution is 5.71. The van der Waals surface area contributed by atoms with Crippen LogP contribution in [0.3, 0.4) is 0 Å². The van der Waals surface area contributed by atoms with Crippen molar-refractivity contribution in [2.45, 2.75) is 6.54 Å². The van der Waals surface area contributed by atoms with E-state index < -0.39 is 0 Å². The number of pyridine rings is 1. The van der Waals surface area contributed by atoms with Crippen LogP contribution < -0.4 is 14.8 Å². The van der Waals surface area contributed by atoms with Gasteiger partial charge in [0, 0.05) is 18.8 Å². The van der Waals surface area contributed by atoms with E-state index in [0.717, 1.165) is 0 Å². The van der Waals surface area contributed by atoms with Crippen molar-refractivity contribution < 1.29 is 19.0 Å². The molecule has 0 fully saturated rings. The van der Waals surface area contributed by atoms with Crippen LogP contribution in [0.1, 0.15) is 5.69 Å². The molecule has 0 unspecified atom stereocenters. The fourth-order valence-corrected chi connectivity index (χ4v) is 1.33. The zero-order chi connectivity index (χ0) is 12.7. The minimum Gasteiger partial charge on any atom is -0.493 e. The first-order valence-electron chi connectivity index (χ1n) is 5.06. The average Bonchev–Trinajstić information content (AvgIpc) is 2.37. The number of aromatic nitrogens is 1. The maximum atomic E-state index is 10.9. The number of carbonyl (C=O) groups is 1. The maximum Gasteiger partial charge on any atom is 0.319 e. The summed E-state index contributed by atoms with van der Waals surface area (Å²) >= 11 is 0. The summed E-state index contributed by atoms with van der Waals surface area (Å²) < 4.78 is 14.9. The van der Waals surface area contributed by atoms with E-state index in [-0.39, 0.29) is 12.5 Å². The van der Waals surface area contributed by atoms with Gasteiger partial charge < -0.3 is 19.5 Å². The monoisotopic (exact) mass is 240 g/mol. The van der Waals surface area contributed by atoms with Gasteiger partial charge in [0.05, 0.1) is 33.6 Å². The summed E-state index contributed by atoms with van der Waals surface area (Å²) in [5.74, 6) is 0.844. The molecule has 1 aromatic heterocycles. The second kappa shape index (κ2) is 6.70. The quantitative estimate of drug-likeness (QED) is 0.724. The Morgan fingerprint density at radius 1 is 1.35 bits per heavy atom. The molecule has 1 heterocycles. The highest BCUT2D eigenvalue weighted by Crippen LogP contribution is 2.28. The van der Waals surface area contributed by atoms with Crippen LogP contribution in [0.15, 0.2) is 12.3 Å². The molecule has 0 aliphatic rings. The van der Waals surface area contributed by atoms with Gasteiger partial charge in [-0.1, -0.05) is 0 Å². The summed E-state index contributed by atoms with van der Waals surface area (Å²) in [6.07, 6.45) is 1.62. The van der Waals surface area contributed by atoms with Gasteiger partial charge in [0.2, 0.25) is 0 Å². The van der Waals surface area contributed by atoms with E-state index in [9.17, 15) is 4.79 Å². The average molecular weight is 240 g/mol. The number of hydrogen-bond donors (Lipinski definition) is 1. The molecule has 1 rings (SSSR count). The van der Waals surface area contributed by atoms with E-state index in [1.807, 2.05) is 0 Å². The minimum absolute atomic E-state index is 0.124. The zero-order valence-corrected chi connectivity index (χ0v) is 10.1. The molecule has 0 aliphatic carbocycles. The normalized spacial score (nSPS) is 9.82. The number of carbonyl (C=O) groups excluding carboxylic acids is 1. The van der Waals surface area contributed by atoms with Crippen molar-refractivity contribution in [2.24, 2.45) is 0 Å². The predicted octanol–water partition coefficient (Wildman–Crippen LogP) is 0.361. The molecule has 1 aromatic rings. The Hall–Kier alpha value is -1.82. The van der Waals surface area contributed by atoms with Crippen LogP contribution in [0, 0.1) is 0 Å². The summed E-state index contributed by atoms with van der Waals surface area (Å²) in [5, 5.41) is 2.91. The van der Waals surface area contributed by atoms with E-state index in [0.29, 0.717) is 23.7 Å². The molecule has 1 N–H and O–H groups in total. The molecule has 0 saturated carbocycles. The SMILES string of the molecule is COC(=O)CNCc1nccc(OC)c1OC. The van der Waals surface area contributed by atoms with E-state index >= 15 is 0 Å². The first kappa shape index (κ1) is 13.2. The van der Waals surface area contributed by atoms with Gasteiger partial charge in [0.25, 0.3) is 0 Å². The molecular weight excluding hydrogens is 224 g/mol. The van der Waals surface area contributed by atoms with Gasteiger partial charge in [0.15, 0.2) is 11.5 Å². The number of ether oxygens (including phenoxy) is 3. The lowest BCUT2D eigenvalue weighted by Crippen LogP contribution is -2.24. The third kappa shape index (κ3) is 3.60. The Balaban J connectivity index is 2.67. The van der Waals surface area contributed by atoms with Crippen molar-refractivity contribution in [1.82, 2.24) is 10.3 Å². The van der Waals surface area contributed by atoms with E-state index in [2.05, 4.69) is 15.0 Å². The molecular formula is C11H16N2O4. The van der Waals surface area contributed by atoms with Crippen LogP contribution in [0.25, 0.3) is 0 Å². The van der Waals surface area contributed by atoms with E-state index in [1.165, 1.54) is 7.11 Å². The van der Waals surface area contributed by atoms with Crippen molar-refractivity contribution in [1.29, 1.82) is 0 Å². The summed E-state index contributed by atoms with van der Waals surface area (Å²) in [7, 11) is 4.45. The third-order valence-electron chi connectivity index (χ3n) is 2.16. The highest BCUT2D eigenvalue weighted by atomic mass is 16.5. The molecule has 0 amide bonds. The van der Waals surface area contributed by atoms with Crippen LogP contribution in [0.4, 0.5) is 0 Å². The highest BCUT2D eigenvalue weighted by Gasteiger charge is 2.10. The van der Waals surface area contributed by atoms with Crippen LogP contribution in [-0.4, -0.2) is 38.8 Å². The van der Waals surface area contributed by atoms with Gasteiger partial charge in [-0.15, -0.1) is 0 Å². The number of methoxy groups -OCH3 is 3. The third-order valence-corrected chi connectivity index (χ3v) is 2.16. The molecule has 6 nitrogen and oxygen atoms in total. The van der Waals surface area contributed by atoms with Gasteiger partial charge in [-0.05, 0) is 0 Å². The molecule has 0 atom stereocenters. The second-order valence-electron chi connectivity index (χ2n) is 3.17. The summed E-state index contributed by atoms with van der Waals surface area (Å²) in [4.78, 5) is 15.1. The summed E-state index contributed by atoms with van der Waals surface area (Å²) in [6.45, 7) is 0.522. The topological polar surface area (TPSA) is 69.7 Å². The van der Waals surface area contributed by atoms with E-state index in [1.54, 1.807) is 26.5 Å². The fraction of sp³-hybridized carbons (Fsp3) is 0.455. The number of nitrogens with zero attached hydrogens (tertiary/aromatic N) is 1. The largest absolute Gasteiger partial charge is 0.493 e. The first-order valence-corrected chi connectivity index (χ1v) is 5.06. The molecule has 0 aliphatic heterocycles. The molecule has 94 valence electrons. The summed E-state index contributed by atoms with van der Waals surface area (Å²) in [5.41, 5.74) is 0.677. The maximum absolute atomic E-state index is 10.9. The van der Waals surface area contributed by atoms with Crippen LogP contribution in [0.5, 0.6) is 11.5 Å². The minimum atomic E-state index is -0.327. The fourth-order valence-electron chi connectivity index (χ4n) is 1.33. The Kier molecular flexibility index (Phi) is 5.22. The van der Waals surface area contributed by atoms with Crippen LogP contribution in [-0.2, 0) is 16.1 Å². The Morgan fingerprint density at radius 3 is 2.71 bits per heavy atom. The number of hydrogen-bond acceptors (Lipinski definition) is 6. The van der Waals surface area contributed by atoms with Crippen LogP contribution in [0.2, 0.25) is 0 Å². The van der Waals surface area contributed by atoms with Gasteiger partial charge in [-0.2, -0.15) is 0 Å². The smallest absolute Gasteiger partial charge is 0.319 e. The van der Waals surface area contributed by atoms with Gasteiger partial charge >= 0.3 is 5.97 Å². The molecule has 0 radical (unpaired) electrons. The van der Waals surface area contributed by atoms with Crippen molar-refractivity contribution in [2.75, 3.05) is 27.9 Å². The van der Waals surface area contributed by atoms with Gasteiger partial charge in [-0.25, -0.2) is 0 Å². The van der Waals surface area contributed by atoms with E-state index in [4.69, 9.17) is 9.47 Å². The molecule has 17 heavy (non-hydrogen) atoms. The first-order chi connectivity index (χ1) is 8.22. The molecule has 0 bridgehead atoms. The number of esters is 1. The Labute approximate surface area is 99.9 Å². The van der Waals surface area contributed by atoms with Crippen molar-refractivity contribution in [3.63, 3.8) is 0 Å².